The van der Waals surface area contributed by atoms with Crippen molar-refractivity contribution in [3.8, 4) is 5.75 Å². The number of carbonyl (C=O) groups is 1. The molecule has 0 spiro atoms. The molecule has 2 aliphatic rings. The lowest BCUT2D eigenvalue weighted by Gasteiger charge is -2.35. The summed E-state index contributed by atoms with van der Waals surface area (Å²) in [6.07, 6.45) is 1.98. The number of pyridine rings is 1. The molecule has 0 atom stereocenters. The van der Waals surface area contributed by atoms with E-state index in [-0.39, 0.29) is 12.5 Å². The average Bonchev–Trinajstić information content (AvgIpc) is 2.73. The normalized spacial score (nSPS) is 17.4. The summed E-state index contributed by atoms with van der Waals surface area (Å²) < 4.78 is 18.8. The van der Waals surface area contributed by atoms with Crippen molar-refractivity contribution in [3.05, 3.63) is 48.4 Å². The number of rotatable bonds is 6. The Morgan fingerprint density at radius 2 is 1.75 bits per heavy atom. The SMILES string of the molecule is O=C1COc2ccccc2N1CCCCN1CCN(c2cccc(F)n2)CC1. The van der Waals surface area contributed by atoms with Gasteiger partial charge in [0, 0.05) is 32.7 Å². The third kappa shape index (κ3) is 4.25. The van der Waals surface area contributed by atoms with Gasteiger partial charge in [-0.05, 0) is 43.7 Å². The summed E-state index contributed by atoms with van der Waals surface area (Å²) in [5.74, 6) is 1.09. The van der Waals surface area contributed by atoms with Gasteiger partial charge in [-0.1, -0.05) is 18.2 Å². The van der Waals surface area contributed by atoms with Crippen molar-refractivity contribution in [2.45, 2.75) is 12.8 Å². The molecule has 28 heavy (non-hydrogen) atoms. The maximum Gasteiger partial charge on any atom is 0.265 e. The first-order valence-corrected chi connectivity index (χ1v) is 9.83. The van der Waals surface area contributed by atoms with Gasteiger partial charge >= 0.3 is 0 Å². The molecule has 1 saturated heterocycles. The van der Waals surface area contributed by atoms with Gasteiger partial charge in [-0.3, -0.25) is 9.69 Å². The molecule has 1 aromatic heterocycles. The lowest BCUT2D eigenvalue weighted by Crippen LogP contribution is -2.47. The number of anilines is 2. The Kier molecular flexibility index (Phi) is 5.71. The molecule has 3 heterocycles. The summed E-state index contributed by atoms with van der Waals surface area (Å²) in [5, 5.41) is 0. The Labute approximate surface area is 164 Å². The Hall–Kier alpha value is -2.67. The second kappa shape index (κ2) is 8.56. The van der Waals surface area contributed by atoms with Gasteiger partial charge in [-0.2, -0.15) is 4.39 Å². The lowest BCUT2D eigenvalue weighted by molar-refractivity contribution is -0.121. The number of hydrogen-bond donors (Lipinski definition) is 0. The van der Waals surface area contributed by atoms with E-state index in [1.807, 2.05) is 35.2 Å². The summed E-state index contributed by atoms with van der Waals surface area (Å²) in [6.45, 7) is 5.43. The monoisotopic (exact) mass is 384 g/mol. The van der Waals surface area contributed by atoms with Gasteiger partial charge in [0.25, 0.3) is 5.91 Å². The van der Waals surface area contributed by atoms with Gasteiger partial charge in [0.1, 0.15) is 11.6 Å². The molecular weight excluding hydrogens is 359 g/mol. The van der Waals surface area contributed by atoms with Gasteiger partial charge in [0.2, 0.25) is 5.95 Å². The number of fused-ring (bicyclic) bond motifs is 1. The van der Waals surface area contributed by atoms with Crippen LogP contribution in [0.1, 0.15) is 12.8 Å². The van der Waals surface area contributed by atoms with E-state index in [0.29, 0.717) is 12.4 Å². The quantitative estimate of drug-likeness (QED) is 0.566. The topological polar surface area (TPSA) is 48.9 Å². The molecule has 6 nitrogen and oxygen atoms in total. The Morgan fingerprint density at radius 1 is 0.964 bits per heavy atom. The van der Waals surface area contributed by atoms with E-state index < -0.39 is 5.95 Å². The highest BCUT2D eigenvalue weighted by Crippen LogP contribution is 2.31. The molecule has 0 radical (unpaired) electrons. The summed E-state index contributed by atoms with van der Waals surface area (Å²) in [4.78, 5) is 22.6. The van der Waals surface area contributed by atoms with Gasteiger partial charge in [-0.25, -0.2) is 4.98 Å². The van der Waals surface area contributed by atoms with Crippen molar-refractivity contribution in [3.63, 3.8) is 0 Å². The molecule has 4 rings (SSSR count). The predicted octanol–water partition coefficient (Wildman–Crippen LogP) is 2.55. The third-order valence-electron chi connectivity index (χ3n) is 5.31. The second-order valence-electron chi connectivity index (χ2n) is 7.16. The van der Waals surface area contributed by atoms with Crippen LogP contribution in [0, 0.1) is 5.95 Å². The molecule has 148 valence electrons. The van der Waals surface area contributed by atoms with Crippen LogP contribution in [-0.2, 0) is 4.79 Å². The summed E-state index contributed by atoms with van der Waals surface area (Å²) >= 11 is 0. The van der Waals surface area contributed by atoms with Crippen LogP contribution in [0.15, 0.2) is 42.5 Å². The van der Waals surface area contributed by atoms with Crippen LogP contribution in [0.5, 0.6) is 5.75 Å². The van der Waals surface area contributed by atoms with Crippen LogP contribution in [0.4, 0.5) is 15.9 Å². The summed E-state index contributed by atoms with van der Waals surface area (Å²) in [5.41, 5.74) is 0.870. The van der Waals surface area contributed by atoms with Crippen molar-refractivity contribution < 1.29 is 13.9 Å². The van der Waals surface area contributed by atoms with E-state index in [4.69, 9.17) is 4.74 Å². The lowest BCUT2D eigenvalue weighted by atomic mass is 10.2. The minimum absolute atomic E-state index is 0.0231. The molecule has 2 aromatic rings. The second-order valence-corrected chi connectivity index (χ2v) is 7.16. The minimum Gasteiger partial charge on any atom is -0.482 e. The van der Waals surface area contributed by atoms with Crippen molar-refractivity contribution in [2.75, 3.05) is 55.7 Å². The molecule has 0 N–H and O–H groups in total. The molecule has 0 aliphatic carbocycles. The number of unbranched alkanes of at least 4 members (excludes halogenated alkanes) is 1. The highest BCUT2D eigenvalue weighted by Gasteiger charge is 2.24. The van der Waals surface area contributed by atoms with Crippen LogP contribution in [0.25, 0.3) is 0 Å². The van der Waals surface area contributed by atoms with E-state index in [0.717, 1.165) is 57.0 Å². The van der Waals surface area contributed by atoms with E-state index in [2.05, 4.69) is 14.8 Å². The maximum atomic E-state index is 13.3. The van der Waals surface area contributed by atoms with E-state index in [1.54, 1.807) is 6.07 Å². The zero-order valence-electron chi connectivity index (χ0n) is 15.9. The van der Waals surface area contributed by atoms with E-state index >= 15 is 0 Å². The first-order chi connectivity index (χ1) is 13.7. The minimum atomic E-state index is -0.431. The maximum absolute atomic E-state index is 13.3. The highest BCUT2D eigenvalue weighted by atomic mass is 19.1. The highest BCUT2D eigenvalue weighted by molar-refractivity contribution is 5.97. The van der Waals surface area contributed by atoms with E-state index in [9.17, 15) is 9.18 Å². The zero-order chi connectivity index (χ0) is 19.3. The molecule has 2 aliphatic heterocycles. The Morgan fingerprint density at radius 3 is 2.57 bits per heavy atom. The predicted molar refractivity (Wildman–Crippen MR) is 106 cm³/mol. The number of aromatic nitrogens is 1. The van der Waals surface area contributed by atoms with Crippen LogP contribution in [0.2, 0.25) is 0 Å². The van der Waals surface area contributed by atoms with Crippen LogP contribution < -0.4 is 14.5 Å². The molecule has 1 fully saturated rings. The van der Waals surface area contributed by atoms with Crippen LogP contribution in [0.3, 0.4) is 0 Å². The van der Waals surface area contributed by atoms with Gasteiger partial charge in [0.15, 0.2) is 6.61 Å². The molecule has 0 unspecified atom stereocenters. The molecule has 0 bridgehead atoms. The molecule has 7 heteroatoms. The number of piperazine rings is 1. The number of amides is 1. The molecule has 0 saturated carbocycles. The molecular formula is C21H25FN4O2. The largest absolute Gasteiger partial charge is 0.482 e. The van der Waals surface area contributed by atoms with Gasteiger partial charge < -0.3 is 14.5 Å². The summed E-state index contributed by atoms with van der Waals surface area (Å²) in [7, 11) is 0. The molecule has 1 amide bonds. The number of halogens is 1. The van der Waals surface area contributed by atoms with Gasteiger partial charge in [-0.15, -0.1) is 0 Å². The number of hydrogen-bond acceptors (Lipinski definition) is 5. The molecule has 1 aromatic carbocycles. The fourth-order valence-electron chi connectivity index (χ4n) is 3.78. The number of carbonyl (C=O) groups excluding carboxylic acids is 1. The van der Waals surface area contributed by atoms with Crippen molar-refractivity contribution in [1.29, 1.82) is 0 Å². The Bertz CT molecular complexity index is 824. The zero-order valence-corrected chi connectivity index (χ0v) is 15.9. The fraction of sp³-hybridized carbons (Fsp3) is 0.429. The van der Waals surface area contributed by atoms with Crippen LogP contribution >= 0.6 is 0 Å². The number of benzene rings is 1. The van der Waals surface area contributed by atoms with Crippen molar-refractivity contribution >= 4 is 17.4 Å². The number of ether oxygens (including phenoxy) is 1. The standard InChI is InChI=1S/C21H25FN4O2/c22-19-8-5-9-20(23-19)25-14-12-24(13-15-25)10-3-4-11-26-17-6-1-2-7-18(17)28-16-21(26)27/h1-2,5-9H,3-4,10-16H2. The average molecular weight is 384 g/mol. The summed E-state index contributed by atoms with van der Waals surface area (Å²) in [6, 6.07) is 12.6. The fourth-order valence-corrected chi connectivity index (χ4v) is 3.78. The third-order valence-corrected chi connectivity index (χ3v) is 5.31. The van der Waals surface area contributed by atoms with Crippen molar-refractivity contribution in [2.24, 2.45) is 0 Å². The van der Waals surface area contributed by atoms with Crippen LogP contribution in [-0.4, -0.2) is 61.7 Å². The van der Waals surface area contributed by atoms with Gasteiger partial charge in [0.05, 0.1) is 5.69 Å². The van der Waals surface area contributed by atoms with E-state index in [1.165, 1.54) is 6.07 Å². The number of para-hydroxylation sites is 2. The first-order valence-electron chi connectivity index (χ1n) is 9.83. The first kappa shape index (κ1) is 18.7. The van der Waals surface area contributed by atoms with Crippen molar-refractivity contribution in [1.82, 2.24) is 9.88 Å². The number of nitrogens with zero attached hydrogens (tertiary/aromatic N) is 4. The Balaban J connectivity index is 1.21. The smallest absolute Gasteiger partial charge is 0.265 e.